The average Bonchev–Trinajstić information content (AvgIpc) is 3.01. The van der Waals surface area contributed by atoms with Crippen LogP contribution in [0.1, 0.15) is 35.8 Å². The maximum absolute atomic E-state index is 12.9. The first-order valence-electron chi connectivity index (χ1n) is 8.92. The average molecular weight is 454 g/mol. The number of aromatic nitrogens is 1. The van der Waals surface area contributed by atoms with Gasteiger partial charge >= 0.3 is 0 Å². The minimum absolute atomic E-state index is 0.164. The van der Waals surface area contributed by atoms with Crippen LogP contribution in [0.15, 0.2) is 39.8 Å². The first-order valence-corrected chi connectivity index (χ1v) is 11.2. The zero-order valence-corrected chi connectivity index (χ0v) is 18.1. The van der Waals surface area contributed by atoms with E-state index in [-0.39, 0.29) is 10.8 Å². The van der Waals surface area contributed by atoms with Gasteiger partial charge in [0.05, 0.1) is 0 Å². The Morgan fingerprint density at radius 1 is 1.22 bits per heavy atom. The van der Waals surface area contributed by atoms with Crippen molar-refractivity contribution in [2.24, 2.45) is 13.0 Å². The number of nitrogens with zero attached hydrogens (tertiary/aromatic N) is 2. The van der Waals surface area contributed by atoms with Gasteiger partial charge in [0.25, 0.3) is 5.91 Å². The number of halogens is 1. The van der Waals surface area contributed by atoms with Crippen LogP contribution in [0.2, 0.25) is 0 Å². The smallest absolute Gasteiger partial charge is 0.272 e. The first-order chi connectivity index (χ1) is 12.7. The number of hydrogen-bond acceptors (Lipinski definition) is 3. The molecule has 6 nitrogen and oxygen atoms in total. The number of hydrogen-bond donors (Lipinski definition) is 1. The molecule has 1 aliphatic rings. The van der Waals surface area contributed by atoms with Crippen LogP contribution >= 0.6 is 15.9 Å². The number of nitrogens with one attached hydrogen (secondary N) is 1. The minimum Gasteiger partial charge on any atom is -0.345 e. The van der Waals surface area contributed by atoms with Gasteiger partial charge in [-0.2, -0.15) is 4.31 Å². The van der Waals surface area contributed by atoms with Crippen LogP contribution in [0.5, 0.6) is 0 Å². The van der Waals surface area contributed by atoms with Crippen LogP contribution in [0.25, 0.3) is 0 Å². The van der Waals surface area contributed by atoms with Gasteiger partial charge in [-0.1, -0.05) is 22.9 Å². The fraction of sp³-hybridized carbons (Fsp3) is 0.421. The number of piperidine rings is 1. The van der Waals surface area contributed by atoms with Crippen molar-refractivity contribution in [1.29, 1.82) is 0 Å². The molecule has 3 rings (SSSR count). The summed E-state index contributed by atoms with van der Waals surface area (Å²) in [6, 6.07) is 6.97. The lowest BCUT2D eigenvalue weighted by atomic mass is 10.0. The predicted octanol–water partition coefficient (Wildman–Crippen LogP) is 3.77. The molecule has 2 heterocycles. The molecule has 1 N–H and O–H groups in total. The van der Waals surface area contributed by atoms with Crippen LogP contribution < -0.4 is 5.32 Å². The van der Waals surface area contributed by atoms with Crippen LogP contribution in [0, 0.1) is 12.8 Å². The van der Waals surface area contributed by atoms with Crippen LogP contribution in [0.3, 0.4) is 0 Å². The van der Waals surface area contributed by atoms with E-state index >= 15 is 0 Å². The summed E-state index contributed by atoms with van der Waals surface area (Å²) >= 11 is 3.43. The van der Waals surface area contributed by atoms with Crippen LogP contribution in [0.4, 0.5) is 5.69 Å². The normalized spacial score (nSPS) is 16.4. The second kappa shape index (κ2) is 7.77. The van der Waals surface area contributed by atoms with Crippen molar-refractivity contribution in [2.45, 2.75) is 31.6 Å². The van der Waals surface area contributed by atoms with E-state index in [1.165, 1.54) is 16.6 Å². The highest BCUT2D eigenvalue weighted by Gasteiger charge is 2.30. The second-order valence-corrected chi connectivity index (χ2v) is 9.97. The highest BCUT2D eigenvalue weighted by molar-refractivity contribution is 9.10. The Labute approximate surface area is 168 Å². The summed E-state index contributed by atoms with van der Waals surface area (Å²) in [7, 11) is -1.90. The largest absolute Gasteiger partial charge is 0.345 e. The molecule has 0 radical (unpaired) electrons. The number of rotatable bonds is 4. The third kappa shape index (κ3) is 4.28. The monoisotopic (exact) mass is 453 g/mol. The number of carbonyl (C=O) groups is 1. The highest BCUT2D eigenvalue weighted by Crippen LogP contribution is 2.25. The molecule has 27 heavy (non-hydrogen) atoms. The molecule has 2 aromatic rings. The molecule has 0 spiro atoms. The van der Waals surface area contributed by atoms with E-state index in [0.717, 1.165) is 22.9 Å². The van der Waals surface area contributed by atoms with Gasteiger partial charge in [0.1, 0.15) is 10.6 Å². The lowest BCUT2D eigenvalue weighted by molar-refractivity contribution is 0.101. The van der Waals surface area contributed by atoms with E-state index in [1.807, 2.05) is 19.1 Å². The minimum atomic E-state index is -3.58. The molecule has 8 heteroatoms. The van der Waals surface area contributed by atoms with Gasteiger partial charge in [-0.25, -0.2) is 8.42 Å². The van der Waals surface area contributed by atoms with Crippen molar-refractivity contribution in [2.75, 3.05) is 18.4 Å². The molecule has 1 saturated heterocycles. The number of anilines is 1. The first kappa shape index (κ1) is 20.1. The Balaban J connectivity index is 1.81. The maximum Gasteiger partial charge on any atom is 0.272 e. The molecule has 1 aliphatic heterocycles. The highest BCUT2D eigenvalue weighted by atomic mass is 79.9. The summed E-state index contributed by atoms with van der Waals surface area (Å²) in [4.78, 5) is 12.8. The van der Waals surface area contributed by atoms with Gasteiger partial charge in [-0.15, -0.1) is 0 Å². The van der Waals surface area contributed by atoms with E-state index in [9.17, 15) is 13.2 Å². The van der Waals surface area contributed by atoms with Crippen molar-refractivity contribution in [3.63, 3.8) is 0 Å². The Bertz CT molecular complexity index is 961. The van der Waals surface area contributed by atoms with Crippen molar-refractivity contribution in [3.8, 4) is 0 Å². The molecule has 1 aromatic heterocycles. The number of benzene rings is 1. The number of sulfonamides is 1. The molecule has 146 valence electrons. The molecular weight excluding hydrogens is 430 g/mol. The standard InChI is InChI=1S/C19H24BrN3O3S/c1-13-6-8-23(9-7-13)27(25,26)16-11-18(22(3)12-16)19(24)21-15-4-5-17(20)14(2)10-15/h4-5,10-13H,6-9H2,1-3H3,(H,21,24). The van der Waals surface area contributed by atoms with Crippen molar-refractivity contribution in [3.05, 3.63) is 46.2 Å². The van der Waals surface area contributed by atoms with Gasteiger partial charge in [0.15, 0.2) is 0 Å². The van der Waals surface area contributed by atoms with Gasteiger partial charge in [-0.05, 0) is 55.5 Å². The molecular formula is C19H24BrN3O3S. The number of amides is 1. The second-order valence-electron chi connectivity index (χ2n) is 7.18. The fourth-order valence-electron chi connectivity index (χ4n) is 3.19. The summed E-state index contributed by atoms with van der Waals surface area (Å²) in [5.74, 6) is 0.205. The number of carbonyl (C=O) groups excluding carboxylic acids is 1. The molecule has 0 aliphatic carbocycles. The Morgan fingerprint density at radius 3 is 2.52 bits per heavy atom. The Kier molecular flexibility index (Phi) is 5.79. The maximum atomic E-state index is 12.9. The SMILES string of the molecule is Cc1cc(NC(=O)c2cc(S(=O)(=O)N3CCC(C)CC3)cn2C)ccc1Br. The van der Waals surface area contributed by atoms with Crippen molar-refractivity contribution < 1.29 is 13.2 Å². The quantitative estimate of drug-likeness (QED) is 0.765. The third-order valence-electron chi connectivity index (χ3n) is 5.01. The molecule has 0 saturated carbocycles. The van der Waals surface area contributed by atoms with Gasteiger partial charge < -0.3 is 9.88 Å². The lowest BCUT2D eigenvalue weighted by Crippen LogP contribution is -2.37. The molecule has 0 bridgehead atoms. The van der Waals surface area contributed by atoms with Crippen LogP contribution in [-0.4, -0.2) is 36.3 Å². The van der Waals surface area contributed by atoms with Gasteiger partial charge in [0.2, 0.25) is 10.0 Å². The van der Waals surface area contributed by atoms with E-state index < -0.39 is 10.0 Å². The molecule has 1 aromatic carbocycles. The Morgan fingerprint density at radius 2 is 1.89 bits per heavy atom. The predicted molar refractivity (Wildman–Crippen MR) is 109 cm³/mol. The van der Waals surface area contributed by atoms with E-state index in [0.29, 0.717) is 30.4 Å². The van der Waals surface area contributed by atoms with E-state index in [4.69, 9.17) is 0 Å². The summed E-state index contributed by atoms with van der Waals surface area (Å²) in [6.45, 7) is 5.13. The molecule has 1 fully saturated rings. The van der Waals surface area contributed by atoms with Crippen molar-refractivity contribution in [1.82, 2.24) is 8.87 Å². The third-order valence-corrected chi connectivity index (χ3v) is 7.76. The van der Waals surface area contributed by atoms with E-state index in [1.54, 1.807) is 17.7 Å². The zero-order chi connectivity index (χ0) is 19.8. The zero-order valence-electron chi connectivity index (χ0n) is 15.7. The Hall–Kier alpha value is -1.64. The number of aryl methyl sites for hydroxylation is 2. The molecule has 0 atom stereocenters. The molecule has 0 unspecified atom stereocenters. The van der Waals surface area contributed by atoms with Crippen molar-refractivity contribution >= 4 is 37.5 Å². The van der Waals surface area contributed by atoms with Gasteiger partial charge in [-0.3, -0.25) is 4.79 Å². The summed E-state index contributed by atoms with van der Waals surface area (Å²) in [6.07, 6.45) is 3.24. The molecule has 1 amide bonds. The topological polar surface area (TPSA) is 71.4 Å². The summed E-state index contributed by atoms with van der Waals surface area (Å²) < 4.78 is 29.8. The summed E-state index contributed by atoms with van der Waals surface area (Å²) in [5.41, 5.74) is 1.97. The van der Waals surface area contributed by atoms with Crippen LogP contribution in [-0.2, 0) is 17.1 Å². The fourth-order valence-corrected chi connectivity index (χ4v) is 4.98. The lowest BCUT2D eigenvalue weighted by Gasteiger charge is -2.29. The van der Waals surface area contributed by atoms with E-state index in [2.05, 4.69) is 28.2 Å². The van der Waals surface area contributed by atoms with Gasteiger partial charge in [0, 0.05) is 36.5 Å². The summed E-state index contributed by atoms with van der Waals surface area (Å²) in [5, 5.41) is 2.83.